The first-order chi connectivity index (χ1) is 10.6. The van der Waals surface area contributed by atoms with Gasteiger partial charge in [-0.25, -0.2) is 4.39 Å². The highest BCUT2D eigenvalue weighted by molar-refractivity contribution is 14.0. The SMILES string of the molecule is COc1ccccc1NC(N)=NCCc1ccc(F)cc1C.I. The van der Waals surface area contributed by atoms with Crippen LogP contribution in [0.3, 0.4) is 0 Å². The molecule has 0 saturated carbocycles. The van der Waals surface area contributed by atoms with Gasteiger partial charge in [-0.05, 0) is 48.7 Å². The molecule has 0 saturated heterocycles. The molecular formula is C17H21FIN3O. The summed E-state index contributed by atoms with van der Waals surface area (Å²) in [5.74, 6) is 0.807. The van der Waals surface area contributed by atoms with Crippen LogP contribution in [0.1, 0.15) is 11.1 Å². The predicted octanol–water partition coefficient (Wildman–Crippen LogP) is 3.73. The summed E-state index contributed by atoms with van der Waals surface area (Å²) < 4.78 is 18.3. The quantitative estimate of drug-likeness (QED) is 0.433. The van der Waals surface area contributed by atoms with Crippen LogP contribution in [0.5, 0.6) is 5.75 Å². The zero-order valence-electron chi connectivity index (χ0n) is 13.2. The van der Waals surface area contributed by atoms with E-state index >= 15 is 0 Å². The number of benzene rings is 2. The lowest BCUT2D eigenvalue weighted by atomic mass is 10.1. The second-order valence-corrected chi connectivity index (χ2v) is 4.91. The average Bonchev–Trinajstić information content (AvgIpc) is 2.50. The first-order valence-electron chi connectivity index (χ1n) is 7.05. The van der Waals surface area contributed by atoms with Crippen LogP contribution in [0.15, 0.2) is 47.5 Å². The number of rotatable bonds is 5. The molecule has 0 radical (unpaired) electrons. The molecule has 2 rings (SSSR count). The summed E-state index contributed by atoms with van der Waals surface area (Å²) in [4.78, 5) is 4.29. The Hall–Kier alpha value is -1.83. The number of aryl methyl sites for hydroxylation is 1. The van der Waals surface area contributed by atoms with Crippen LogP contribution in [0.2, 0.25) is 0 Å². The Balaban J connectivity index is 0.00000264. The number of hydrogen-bond donors (Lipinski definition) is 2. The van der Waals surface area contributed by atoms with Gasteiger partial charge in [-0.15, -0.1) is 24.0 Å². The molecule has 0 aliphatic carbocycles. The van der Waals surface area contributed by atoms with E-state index in [1.165, 1.54) is 12.1 Å². The zero-order valence-corrected chi connectivity index (χ0v) is 15.5. The molecule has 0 bridgehead atoms. The van der Waals surface area contributed by atoms with E-state index in [2.05, 4.69) is 10.3 Å². The summed E-state index contributed by atoms with van der Waals surface area (Å²) in [5, 5.41) is 3.01. The van der Waals surface area contributed by atoms with Gasteiger partial charge >= 0.3 is 0 Å². The number of anilines is 1. The maximum atomic E-state index is 13.0. The van der Waals surface area contributed by atoms with E-state index in [0.717, 1.165) is 16.8 Å². The molecular weight excluding hydrogens is 408 g/mol. The maximum absolute atomic E-state index is 13.0. The molecule has 0 unspecified atom stereocenters. The minimum atomic E-state index is -0.220. The van der Waals surface area contributed by atoms with Crippen molar-refractivity contribution in [2.75, 3.05) is 19.0 Å². The Kier molecular flexibility index (Phi) is 7.80. The second kappa shape index (κ2) is 9.34. The van der Waals surface area contributed by atoms with Gasteiger partial charge in [0.2, 0.25) is 0 Å². The standard InChI is InChI=1S/C17H20FN3O.HI/c1-12-11-14(18)8-7-13(12)9-10-20-17(19)21-15-5-3-4-6-16(15)22-2;/h3-8,11H,9-10H2,1-2H3,(H3,19,20,21);1H. The highest BCUT2D eigenvalue weighted by atomic mass is 127. The fraction of sp³-hybridized carbons (Fsp3) is 0.235. The summed E-state index contributed by atoms with van der Waals surface area (Å²) in [6, 6.07) is 12.2. The van der Waals surface area contributed by atoms with Gasteiger partial charge < -0.3 is 15.8 Å². The highest BCUT2D eigenvalue weighted by Gasteiger charge is 2.03. The third-order valence-electron chi connectivity index (χ3n) is 3.34. The predicted molar refractivity (Wildman–Crippen MR) is 103 cm³/mol. The minimum Gasteiger partial charge on any atom is -0.495 e. The van der Waals surface area contributed by atoms with Crippen LogP contribution in [0.4, 0.5) is 10.1 Å². The fourth-order valence-corrected chi connectivity index (χ4v) is 2.16. The molecule has 0 aliphatic rings. The number of nitrogens with zero attached hydrogens (tertiary/aromatic N) is 1. The van der Waals surface area contributed by atoms with Crippen molar-refractivity contribution >= 4 is 35.6 Å². The first kappa shape index (κ1) is 19.2. The van der Waals surface area contributed by atoms with Gasteiger partial charge in [0, 0.05) is 6.54 Å². The number of nitrogens with one attached hydrogen (secondary N) is 1. The lowest BCUT2D eigenvalue weighted by Crippen LogP contribution is -2.23. The fourth-order valence-electron chi connectivity index (χ4n) is 2.16. The van der Waals surface area contributed by atoms with E-state index < -0.39 is 0 Å². The van der Waals surface area contributed by atoms with E-state index in [-0.39, 0.29) is 29.8 Å². The summed E-state index contributed by atoms with van der Waals surface area (Å²) in [7, 11) is 1.60. The second-order valence-electron chi connectivity index (χ2n) is 4.91. The van der Waals surface area contributed by atoms with Gasteiger partial charge in [0.05, 0.1) is 12.8 Å². The molecule has 0 atom stereocenters. The van der Waals surface area contributed by atoms with Gasteiger partial charge in [0.15, 0.2) is 5.96 Å². The summed E-state index contributed by atoms with van der Waals surface area (Å²) in [6.45, 7) is 2.42. The molecule has 0 fully saturated rings. The van der Waals surface area contributed by atoms with Crippen molar-refractivity contribution in [2.45, 2.75) is 13.3 Å². The molecule has 23 heavy (non-hydrogen) atoms. The summed E-state index contributed by atoms with van der Waals surface area (Å²) >= 11 is 0. The zero-order chi connectivity index (χ0) is 15.9. The molecule has 2 aromatic carbocycles. The van der Waals surface area contributed by atoms with Crippen LogP contribution in [-0.4, -0.2) is 19.6 Å². The van der Waals surface area contributed by atoms with Crippen LogP contribution in [-0.2, 0) is 6.42 Å². The molecule has 6 heteroatoms. The lowest BCUT2D eigenvalue weighted by molar-refractivity contribution is 0.417. The van der Waals surface area contributed by atoms with Crippen molar-refractivity contribution in [2.24, 2.45) is 10.7 Å². The van der Waals surface area contributed by atoms with Crippen molar-refractivity contribution in [1.82, 2.24) is 0 Å². The Bertz CT molecular complexity index is 677. The van der Waals surface area contributed by atoms with Crippen molar-refractivity contribution in [3.8, 4) is 5.75 Å². The van der Waals surface area contributed by atoms with E-state index in [4.69, 9.17) is 10.5 Å². The molecule has 4 nitrogen and oxygen atoms in total. The smallest absolute Gasteiger partial charge is 0.193 e. The number of aliphatic imine (C=N–C) groups is 1. The van der Waals surface area contributed by atoms with Gasteiger partial charge in [-0.1, -0.05) is 18.2 Å². The molecule has 0 heterocycles. The average molecular weight is 429 g/mol. The number of methoxy groups -OCH3 is 1. The molecule has 2 aromatic rings. The molecule has 124 valence electrons. The van der Waals surface area contributed by atoms with Crippen LogP contribution in [0, 0.1) is 12.7 Å². The number of halogens is 2. The number of ether oxygens (including phenoxy) is 1. The largest absolute Gasteiger partial charge is 0.495 e. The van der Waals surface area contributed by atoms with Gasteiger partial charge in [0.1, 0.15) is 11.6 Å². The number of nitrogens with two attached hydrogens (primary N) is 1. The number of hydrogen-bond acceptors (Lipinski definition) is 2. The highest BCUT2D eigenvalue weighted by Crippen LogP contribution is 2.22. The number of guanidine groups is 1. The van der Waals surface area contributed by atoms with Crippen molar-refractivity contribution < 1.29 is 9.13 Å². The monoisotopic (exact) mass is 429 g/mol. The van der Waals surface area contributed by atoms with Crippen molar-refractivity contribution in [3.05, 3.63) is 59.4 Å². The van der Waals surface area contributed by atoms with Crippen LogP contribution < -0.4 is 15.8 Å². The van der Waals surface area contributed by atoms with Gasteiger partial charge in [-0.2, -0.15) is 0 Å². The van der Waals surface area contributed by atoms with Gasteiger partial charge in [-0.3, -0.25) is 4.99 Å². The summed E-state index contributed by atoms with van der Waals surface area (Å²) in [6.07, 6.45) is 0.709. The molecule has 0 aromatic heterocycles. The minimum absolute atomic E-state index is 0. The Morgan fingerprint density at radius 3 is 2.70 bits per heavy atom. The number of para-hydroxylation sites is 2. The van der Waals surface area contributed by atoms with E-state index in [0.29, 0.717) is 24.7 Å². The summed E-state index contributed by atoms with van der Waals surface area (Å²) in [5.41, 5.74) is 8.63. The third-order valence-corrected chi connectivity index (χ3v) is 3.34. The Morgan fingerprint density at radius 1 is 1.26 bits per heavy atom. The first-order valence-corrected chi connectivity index (χ1v) is 7.05. The topological polar surface area (TPSA) is 59.6 Å². The Labute approximate surface area is 153 Å². The molecule has 0 aliphatic heterocycles. The molecule has 3 N–H and O–H groups in total. The van der Waals surface area contributed by atoms with Crippen molar-refractivity contribution in [3.63, 3.8) is 0 Å². The van der Waals surface area contributed by atoms with E-state index in [1.54, 1.807) is 13.2 Å². The maximum Gasteiger partial charge on any atom is 0.193 e. The normalized spacial score (nSPS) is 10.8. The van der Waals surface area contributed by atoms with E-state index in [1.807, 2.05) is 31.2 Å². The third kappa shape index (κ3) is 5.70. The van der Waals surface area contributed by atoms with Gasteiger partial charge in [0.25, 0.3) is 0 Å². The van der Waals surface area contributed by atoms with Crippen LogP contribution >= 0.6 is 24.0 Å². The molecule has 0 amide bonds. The molecule has 0 spiro atoms. The van der Waals surface area contributed by atoms with Crippen molar-refractivity contribution in [1.29, 1.82) is 0 Å². The lowest BCUT2D eigenvalue weighted by Gasteiger charge is -2.10. The van der Waals surface area contributed by atoms with E-state index in [9.17, 15) is 4.39 Å². The van der Waals surface area contributed by atoms with Crippen LogP contribution in [0.25, 0.3) is 0 Å². The Morgan fingerprint density at radius 2 is 2.00 bits per heavy atom.